The van der Waals surface area contributed by atoms with Crippen LogP contribution in [0.25, 0.3) is 0 Å². The van der Waals surface area contributed by atoms with Crippen LogP contribution in [0.1, 0.15) is 10.4 Å². The van der Waals surface area contributed by atoms with Gasteiger partial charge >= 0.3 is 0 Å². The van der Waals surface area contributed by atoms with Gasteiger partial charge in [-0.15, -0.1) is 11.4 Å². The first-order chi connectivity index (χ1) is 7.55. The van der Waals surface area contributed by atoms with E-state index in [1.165, 1.54) is 6.08 Å². The number of sulfonamides is 1. The summed E-state index contributed by atoms with van der Waals surface area (Å²) >= 11 is 0. The van der Waals surface area contributed by atoms with E-state index in [4.69, 9.17) is 0 Å². The minimum absolute atomic E-state index is 0.248. The summed E-state index contributed by atoms with van der Waals surface area (Å²) in [5.41, 5.74) is 2.48. The van der Waals surface area contributed by atoms with E-state index in [0.717, 1.165) is 0 Å². The third-order valence-corrected chi connectivity index (χ3v) is 2.78. The second kappa shape index (κ2) is 5.43. The van der Waals surface area contributed by atoms with Crippen molar-refractivity contribution in [2.75, 3.05) is 5.75 Å². The molecule has 0 radical (unpaired) electrons. The first-order valence-electron chi connectivity index (χ1n) is 4.51. The molecule has 6 heteroatoms. The van der Waals surface area contributed by atoms with Gasteiger partial charge in [0.15, 0.2) is 0 Å². The van der Waals surface area contributed by atoms with E-state index < -0.39 is 15.9 Å². The first-order valence-corrected chi connectivity index (χ1v) is 6.16. The van der Waals surface area contributed by atoms with Crippen LogP contribution in [0.15, 0.2) is 43.0 Å². The van der Waals surface area contributed by atoms with Crippen LogP contribution in [0.5, 0.6) is 0 Å². The van der Waals surface area contributed by atoms with Crippen molar-refractivity contribution < 1.29 is 13.2 Å². The number of carbonyl (C=O) groups is 1. The van der Waals surface area contributed by atoms with Crippen molar-refractivity contribution >= 4 is 15.9 Å². The molecule has 0 aliphatic heterocycles. The van der Waals surface area contributed by atoms with E-state index in [2.05, 4.69) is 12.0 Å². The predicted octanol–water partition coefficient (Wildman–Crippen LogP) is 0.437. The molecule has 1 aromatic rings. The number of hydrazine groups is 1. The molecule has 0 fully saturated rings. The molecule has 16 heavy (non-hydrogen) atoms. The Balaban J connectivity index is 2.58. The zero-order chi connectivity index (χ0) is 12.0. The molecule has 0 heterocycles. The molecule has 1 rings (SSSR count). The maximum absolute atomic E-state index is 11.4. The number of nitrogens with one attached hydrogen (secondary N) is 2. The second-order valence-electron chi connectivity index (χ2n) is 2.99. The van der Waals surface area contributed by atoms with Crippen LogP contribution in [-0.4, -0.2) is 20.1 Å². The maximum Gasteiger partial charge on any atom is 0.266 e. The normalized spacial score (nSPS) is 10.8. The van der Waals surface area contributed by atoms with E-state index in [9.17, 15) is 13.2 Å². The molecule has 0 atom stereocenters. The average molecular weight is 240 g/mol. The van der Waals surface area contributed by atoms with Crippen molar-refractivity contribution in [2.24, 2.45) is 0 Å². The highest BCUT2D eigenvalue weighted by Gasteiger charge is 2.10. The summed E-state index contributed by atoms with van der Waals surface area (Å²) < 4.78 is 22.3. The quantitative estimate of drug-likeness (QED) is 0.579. The van der Waals surface area contributed by atoms with Gasteiger partial charge in [0.2, 0.25) is 10.0 Å². The zero-order valence-corrected chi connectivity index (χ0v) is 9.33. The number of hydrogen-bond acceptors (Lipinski definition) is 3. The van der Waals surface area contributed by atoms with Crippen LogP contribution >= 0.6 is 0 Å². The molecule has 5 nitrogen and oxygen atoms in total. The zero-order valence-electron chi connectivity index (χ0n) is 8.51. The monoisotopic (exact) mass is 240 g/mol. The Kier molecular flexibility index (Phi) is 4.21. The molecule has 0 unspecified atom stereocenters. The second-order valence-corrected chi connectivity index (χ2v) is 4.76. The molecule has 0 aliphatic rings. The highest BCUT2D eigenvalue weighted by Crippen LogP contribution is 1.97. The van der Waals surface area contributed by atoms with Crippen LogP contribution in [0, 0.1) is 0 Å². The van der Waals surface area contributed by atoms with Crippen LogP contribution in [0.4, 0.5) is 0 Å². The Morgan fingerprint density at radius 3 is 2.50 bits per heavy atom. The number of benzene rings is 1. The van der Waals surface area contributed by atoms with E-state index in [-0.39, 0.29) is 5.75 Å². The molecule has 86 valence electrons. The van der Waals surface area contributed by atoms with Gasteiger partial charge in [-0.1, -0.05) is 24.3 Å². The maximum atomic E-state index is 11.4. The molecular formula is C10H12N2O3S. The van der Waals surface area contributed by atoms with Crippen LogP contribution < -0.4 is 10.3 Å². The van der Waals surface area contributed by atoms with E-state index in [1.807, 2.05) is 4.83 Å². The number of hydrogen-bond donors (Lipinski definition) is 2. The van der Waals surface area contributed by atoms with E-state index in [1.54, 1.807) is 30.3 Å². The van der Waals surface area contributed by atoms with Gasteiger partial charge in [0.05, 0.1) is 5.75 Å². The molecule has 0 bridgehead atoms. The number of rotatable bonds is 5. The van der Waals surface area contributed by atoms with Gasteiger partial charge in [0, 0.05) is 5.56 Å². The molecule has 0 aliphatic carbocycles. The molecular weight excluding hydrogens is 228 g/mol. The van der Waals surface area contributed by atoms with Gasteiger partial charge in [-0.25, -0.2) is 8.42 Å². The lowest BCUT2D eigenvalue weighted by molar-refractivity contribution is 0.0945. The Bertz CT molecular complexity index is 468. The molecule has 0 spiro atoms. The van der Waals surface area contributed by atoms with Crippen molar-refractivity contribution in [2.45, 2.75) is 0 Å². The fraction of sp³-hybridized carbons (Fsp3) is 0.100. The van der Waals surface area contributed by atoms with Crippen molar-refractivity contribution in [3.63, 3.8) is 0 Å². The van der Waals surface area contributed by atoms with Gasteiger partial charge in [-0.05, 0) is 12.1 Å². The third kappa shape index (κ3) is 3.84. The summed E-state index contributed by atoms with van der Waals surface area (Å²) in [6, 6.07) is 8.30. The largest absolute Gasteiger partial charge is 0.274 e. The lowest BCUT2D eigenvalue weighted by atomic mass is 10.2. The molecule has 2 N–H and O–H groups in total. The molecule has 0 saturated heterocycles. The Morgan fingerprint density at radius 1 is 1.31 bits per heavy atom. The summed E-state index contributed by atoms with van der Waals surface area (Å²) in [5, 5.41) is 0. The van der Waals surface area contributed by atoms with Gasteiger partial charge in [-0.3, -0.25) is 10.2 Å². The van der Waals surface area contributed by atoms with Crippen molar-refractivity contribution in [3.8, 4) is 0 Å². The smallest absolute Gasteiger partial charge is 0.266 e. The van der Waals surface area contributed by atoms with Crippen molar-refractivity contribution in [1.82, 2.24) is 10.3 Å². The van der Waals surface area contributed by atoms with Crippen LogP contribution in [0.2, 0.25) is 0 Å². The minimum atomic E-state index is -3.53. The van der Waals surface area contributed by atoms with Gasteiger partial charge in [0.25, 0.3) is 5.91 Å². The van der Waals surface area contributed by atoms with E-state index >= 15 is 0 Å². The number of amides is 1. The molecule has 0 saturated carbocycles. The molecule has 0 aromatic heterocycles. The minimum Gasteiger partial charge on any atom is -0.274 e. The molecule has 1 aromatic carbocycles. The SMILES string of the molecule is C=CCS(=O)(=O)NNC(=O)c1ccccc1. The third-order valence-electron chi connectivity index (χ3n) is 1.69. The Morgan fingerprint density at radius 2 is 1.94 bits per heavy atom. The van der Waals surface area contributed by atoms with Gasteiger partial charge in [-0.2, -0.15) is 0 Å². The van der Waals surface area contributed by atoms with Crippen LogP contribution in [0.3, 0.4) is 0 Å². The Hall–Kier alpha value is -1.66. The van der Waals surface area contributed by atoms with E-state index in [0.29, 0.717) is 5.56 Å². The average Bonchev–Trinajstić information content (AvgIpc) is 2.27. The lowest BCUT2D eigenvalue weighted by Gasteiger charge is -2.06. The van der Waals surface area contributed by atoms with Crippen LogP contribution in [-0.2, 0) is 10.0 Å². The Labute approximate surface area is 94.2 Å². The topological polar surface area (TPSA) is 75.3 Å². The van der Waals surface area contributed by atoms with Gasteiger partial charge < -0.3 is 0 Å². The predicted molar refractivity (Wildman–Crippen MR) is 61.0 cm³/mol. The summed E-state index contributed by atoms with van der Waals surface area (Å²) in [5.74, 6) is -0.754. The lowest BCUT2D eigenvalue weighted by Crippen LogP contribution is -2.42. The standard InChI is InChI=1S/C10H12N2O3S/c1-2-8-16(14,15)12-11-10(13)9-6-4-3-5-7-9/h2-7,12H,1,8H2,(H,11,13). The highest BCUT2D eigenvalue weighted by atomic mass is 32.2. The first kappa shape index (κ1) is 12.4. The summed E-state index contributed by atoms with van der Waals surface area (Å²) in [6.07, 6.45) is 1.23. The fourth-order valence-electron chi connectivity index (χ4n) is 0.983. The summed E-state index contributed by atoms with van der Waals surface area (Å²) in [6.45, 7) is 3.30. The van der Waals surface area contributed by atoms with Crippen molar-refractivity contribution in [3.05, 3.63) is 48.6 Å². The number of carbonyl (C=O) groups excluding carboxylic acids is 1. The van der Waals surface area contributed by atoms with Gasteiger partial charge in [0.1, 0.15) is 0 Å². The summed E-state index contributed by atoms with van der Waals surface area (Å²) in [4.78, 5) is 13.4. The fourth-order valence-corrected chi connectivity index (χ4v) is 1.62. The summed E-state index contributed by atoms with van der Waals surface area (Å²) in [7, 11) is -3.53. The highest BCUT2D eigenvalue weighted by molar-refractivity contribution is 7.89. The molecule has 1 amide bonds. The van der Waals surface area contributed by atoms with Crippen molar-refractivity contribution in [1.29, 1.82) is 0 Å².